The first kappa shape index (κ1) is 26.8. The van der Waals surface area contributed by atoms with E-state index in [2.05, 4.69) is 10.6 Å². The Hall–Kier alpha value is -1.24. The maximum atomic E-state index is 13.2. The number of thioether (sulfide) groups is 1. The smallest absolute Gasteiger partial charge is 0.320 e. The fourth-order valence-corrected chi connectivity index (χ4v) is 3.84. The van der Waals surface area contributed by atoms with Crippen molar-refractivity contribution in [3.8, 4) is 0 Å². The van der Waals surface area contributed by atoms with E-state index in [-0.39, 0.29) is 23.7 Å². The van der Waals surface area contributed by atoms with Crippen molar-refractivity contribution in [3.05, 3.63) is 0 Å². The molecule has 0 radical (unpaired) electrons. The third-order valence-corrected chi connectivity index (χ3v) is 5.29. The first-order valence-electron chi connectivity index (χ1n) is 10.0. The number of carbonyl (C=O) groups is 3. The molecule has 3 atom stereocenters. The Balaban J connectivity index is 5.79. The molecule has 0 spiro atoms. The fourth-order valence-electron chi connectivity index (χ4n) is 2.83. The lowest BCUT2D eigenvalue weighted by molar-refractivity contribution is -0.156. The van der Waals surface area contributed by atoms with Crippen LogP contribution in [0, 0.1) is 17.3 Å². The van der Waals surface area contributed by atoms with Gasteiger partial charge in [0, 0.05) is 7.05 Å². The number of likely N-dealkylation sites (N-methyl/N-ethyl adjacent to an activating group) is 1. The van der Waals surface area contributed by atoms with Gasteiger partial charge in [-0.05, 0) is 44.3 Å². The molecular formula is C21H40N2O4S. The van der Waals surface area contributed by atoms with Crippen LogP contribution in [0.2, 0.25) is 0 Å². The highest BCUT2D eigenvalue weighted by Crippen LogP contribution is 2.29. The molecule has 0 heterocycles. The summed E-state index contributed by atoms with van der Waals surface area (Å²) in [5.41, 5.74) is -1.09. The van der Waals surface area contributed by atoms with Crippen LogP contribution in [0.4, 0.5) is 0 Å². The van der Waals surface area contributed by atoms with Crippen molar-refractivity contribution in [2.24, 2.45) is 17.3 Å². The molecule has 0 saturated carbocycles. The third-order valence-electron chi connectivity index (χ3n) is 4.07. The Kier molecular flexibility index (Phi) is 10.6. The van der Waals surface area contributed by atoms with Crippen molar-refractivity contribution in [2.75, 3.05) is 12.8 Å². The number of rotatable bonds is 9. The highest BCUT2D eigenvalue weighted by Gasteiger charge is 2.40. The van der Waals surface area contributed by atoms with Crippen LogP contribution in [-0.2, 0) is 19.1 Å². The summed E-state index contributed by atoms with van der Waals surface area (Å²) >= 11 is 1.42. The summed E-state index contributed by atoms with van der Waals surface area (Å²) in [5, 5.41) is 4.90. The van der Waals surface area contributed by atoms with Crippen molar-refractivity contribution < 1.29 is 19.1 Å². The number of carbonyl (C=O) groups excluding carboxylic acids is 3. The first-order valence-corrected chi connectivity index (χ1v) is 11.0. The number of ether oxygens (including phenoxy) is 1. The molecule has 0 aromatic carbocycles. The van der Waals surface area contributed by atoms with Crippen LogP contribution < -0.4 is 10.6 Å². The minimum Gasteiger partial charge on any atom is -0.459 e. The molecule has 7 heteroatoms. The zero-order valence-corrected chi connectivity index (χ0v) is 20.1. The molecule has 0 aromatic rings. The molecule has 0 bridgehead atoms. The summed E-state index contributed by atoms with van der Waals surface area (Å²) in [5.74, 6) is -0.590. The first-order chi connectivity index (χ1) is 12.6. The number of amides is 2. The predicted octanol–water partition coefficient (Wildman–Crippen LogP) is 3.39. The van der Waals surface area contributed by atoms with E-state index >= 15 is 0 Å². The van der Waals surface area contributed by atoms with E-state index in [0.717, 1.165) is 0 Å². The second-order valence-corrected chi connectivity index (χ2v) is 11.0. The third kappa shape index (κ3) is 9.30. The van der Waals surface area contributed by atoms with Crippen molar-refractivity contribution in [2.45, 2.75) is 85.6 Å². The van der Waals surface area contributed by atoms with Gasteiger partial charge in [0.2, 0.25) is 11.8 Å². The second kappa shape index (κ2) is 11.1. The zero-order valence-electron chi connectivity index (χ0n) is 19.3. The molecule has 0 aliphatic carbocycles. The van der Waals surface area contributed by atoms with Gasteiger partial charge in [0.25, 0.3) is 0 Å². The summed E-state index contributed by atoms with van der Waals surface area (Å²) in [6, 6.07) is -0.689. The van der Waals surface area contributed by atoms with Crippen LogP contribution in [-0.4, -0.2) is 47.5 Å². The van der Waals surface area contributed by atoms with Crippen molar-refractivity contribution >= 4 is 29.5 Å². The number of hydrogen-bond donors (Lipinski definition) is 2. The molecule has 0 saturated heterocycles. The molecular weight excluding hydrogens is 376 g/mol. The normalized spacial score (nSPS) is 15.5. The Morgan fingerprint density at radius 3 is 1.89 bits per heavy atom. The topological polar surface area (TPSA) is 84.5 Å². The maximum absolute atomic E-state index is 13.2. The standard InChI is InChI=1S/C21H40N2O4S/c1-11-28-15(19(26)27-21(7,8)9)14(12-13(2)3)17(24)23-16(18(25)22-10)20(4,5)6/h13-16H,11-12H2,1-10H3,(H,22,25)(H,23,24)/t14-,15-,16+/m0/s1. The average Bonchev–Trinajstić information content (AvgIpc) is 2.51. The van der Waals surface area contributed by atoms with Gasteiger partial charge in [-0.2, -0.15) is 0 Å². The van der Waals surface area contributed by atoms with Gasteiger partial charge in [0.15, 0.2) is 0 Å². The van der Waals surface area contributed by atoms with E-state index in [1.807, 2.05) is 62.3 Å². The summed E-state index contributed by atoms with van der Waals surface area (Å²) < 4.78 is 5.59. The zero-order chi connectivity index (χ0) is 22.3. The van der Waals surface area contributed by atoms with Gasteiger partial charge in [-0.25, -0.2) is 0 Å². The van der Waals surface area contributed by atoms with Gasteiger partial charge in [0.05, 0.1) is 5.92 Å². The van der Waals surface area contributed by atoms with E-state index in [4.69, 9.17) is 4.74 Å². The molecule has 2 N–H and O–H groups in total. The number of hydrogen-bond acceptors (Lipinski definition) is 5. The molecule has 6 nitrogen and oxygen atoms in total. The average molecular weight is 417 g/mol. The maximum Gasteiger partial charge on any atom is 0.320 e. The van der Waals surface area contributed by atoms with E-state index in [1.54, 1.807) is 7.05 Å². The van der Waals surface area contributed by atoms with Gasteiger partial charge in [-0.15, -0.1) is 11.8 Å². The molecule has 0 aliphatic rings. The molecule has 0 aliphatic heterocycles. The summed E-state index contributed by atoms with van der Waals surface area (Å²) in [6.07, 6.45) is 0.535. The number of esters is 1. The van der Waals surface area contributed by atoms with Gasteiger partial charge in [-0.1, -0.05) is 41.5 Å². The summed E-state index contributed by atoms with van der Waals surface area (Å²) in [4.78, 5) is 38.4. The van der Waals surface area contributed by atoms with Crippen LogP contribution in [0.3, 0.4) is 0 Å². The Labute approximate surface area is 175 Å². The molecule has 0 rings (SSSR count). The Morgan fingerprint density at radius 2 is 1.54 bits per heavy atom. The summed E-state index contributed by atoms with van der Waals surface area (Å²) in [6.45, 7) is 17.1. The quantitative estimate of drug-likeness (QED) is 0.563. The van der Waals surface area contributed by atoms with E-state index in [0.29, 0.717) is 12.2 Å². The van der Waals surface area contributed by atoms with Gasteiger partial charge in [-0.3, -0.25) is 14.4 Å². The van der Waals surface area contributed by atoms with Crippen molar-refractivity contribution in [3.63, 3.8) is 0 Å². The molecule has 2 amide bonds. The summed E-state index contributed by atoms with van der Waals surface area (Å²) in [7, 11) is 1.55. The lowest BCUT2D eigenvalue weighted by atomic mass is 9.85. The van der Waals surface area contributed by atoms with Crippen LogP contribution in [0.5, 0.6) is 0 Å². The van der Waals surface area contributed by atoms with Crippen LogP contribution >= 0.6 is 11.8 Å². The fraction of sp³-hybridized carbons (Fsp3) is 0.857. The highest BCUT2D eigenvalue weighted by atomic mass is 32.2. The van der Waals surface area contributed by atoms with Crippen molar-refractivity contribution in [1.82, 2.24) is 10.6 Å². The molecule has 0 fully saturated rings. The second-order valence-electron chi connectivity index (χ2n) is 9.57. The monoisotopic (exact) mass is 416 g/mol. The van der Waals surface area contributed by atoms with E-state index in [1.165, 1.54) is 11.8 Å². The number of nitrogens with one attached hydrogen (secondary N) is 2. The SMILES string of the molecule is CCS[C@H](C(=O)OC(C)(C)C)[C@H](CC(C)C)C(=O)N[C@H](C(=O)NC)C(C)(C)C. The molecule has 164 valence electrons. The van der Waals surface area contributed by atoms with E-state index < -0.39 is 28.2 Å². The molecule has 0 aromatic heterocycles. The Morgan fingerprint density at radius 1 is 1.00 bits per heavy atom. The largest absolute Gasteiger partial charge is 0.459 e. The van der Waals surface area contributed by atoms with E-state index in [9.17, 15) is 14.4 Å². The van der Waals surface area contributed by atoms with Gasteiger partial charge in [0.1, 0.15) is 16.9 Å². The minimum atomic E-state index is -0.689. The highest BCUT2D eigenvalue weighted by molar-refractivity contribution is 8.00. The molecule has 0 unspecified atom stereocenters. The van der Waals surface area contributed by atoms with Crippen LogP contribution in [0.15, 0.2) is 0 Å². The Bertz CT molecular complexity index is 536. The van der Waals surface area contributed by atoms with Crippen molar-refractivity contribution in [1.29, 1.82) is 0 Å². The molecule has 28 heavy (non-hydrogen) atoms. The van der Waals surface area contributed by atoms with Crippen LogP contribution in [0.1, 0.15) is 68.7 Å². The minimum absolute atomic E-state index is 0.214. The van der Waals surface area contributed by atoms with Gasteiger partial charge >= 0.3 is 5.97 Å². The lowest BCUT2D eigenvalue weighted by Crippen LogP contribution is -2.55. The van der Waals surface area contributed by atoms with Gasteiger partial charge < -0.3 is 15.4 Å². The lowest BCUT2D eigenvalue weighted by Gasteiger charge is -2.33. The predicted molar refractivity (Wildman–Crippen MR) is 116 cm³/mol. The van der Waals surface area contributed by atoms with Crippen LogP contribution in [0.25, 0.3) is 0 Å².